The fourth-order valence-corrected chi connectivity index (χ4v) is 8.56. The van der Waals surface area contributed by atoms with Gasteiger partial charge in [0, 0.05) is 12.8 Å². The molecule has 352 valence electrons. The van der Waals surface area contributed by atoms with E-state index in [0.717, 1.165) is 32.1 Å². The average Bonchev–Trinajstić information content (AvgIpc) is 3.24. The van der Waals surface area contributed by atoms with Gasteiger partial charge in [0.05, 0.1) is 6.61 Å². The summed E-state index contributed by atoms with van der Waals surface area (Å²) in [5.41, 5.74) is 0. The van der Waals surface area contributed by atoms with Gasteiger partial charge in [0.15, 0.2) is 6.10 Å². The first-order valence-electron chi connectivity index (χ1n) is 27.1. The Morgan fingerprint density at radius 3 is 0.746 bits per heavy atom. The van der Waals surface area contributed by atoms with Gasteiger partial charge in [-0.3, -0.25) is 9.59 Å². The van der Waals surface area contributed by atoms with Crippen LogP contribution in [0.15, 0.2) is 0 Å². The molecule has 0 aromatic heterocycles. The molecule has 0 aliphatic carbocycles. The molecule has 0 heterocycles. The van der Waals surface area contributed by atoms with Crippen LogP contribution in [-0.2, 0) is 19.1 Å². The Hall–Kier alpha value is -1.10. The number of ether oxygens (including phenoxy) is 2. The highest BCUT2D eigenvalue weighted by atomic mass is 16.6. The van der Waals surface area contributed by atoms with Gasteiger partial charge < -0.3 is 14.6 Å². The third kappa shape index (κ3) is 49.4. The van der Waals surface area contributed by atoms with E-state index in [9.17, 15) is 14.7 Å². The number of esters is 2. The standard InChI is InChI=1S/C54H106O5/c1-3-5-7-9-11-13-15-17-19-21-22-23-24-25-26-27-28-29-30-31-32-33-35-37-39-41-43-45-47-49-54(57)59-52(50-55)51-58-53(56)48-46-44-42-40-38-36-34-20-18-16-14-12-10-8-6-4-2/h52,55H,3-51H2,1-2H3. The Morgan fingerprint density at radius 1 is 0.322 bits per heavy atom. The van der Waals surface area contributed by atoms with Crippen LogP contribution in [0.2, 0.25) is 0 Å². The Labute approximate surface area is 369 Å². The predicted octanol–water partition coefficient (Wildman–Crippen LogP) is 17.8. The Kier molecular flexibility index (Phi) is 50.3. The molecule has 59 heavy (non-hydrogen) atoms. The first-order valence-corrected chi connectivity index (χ1v) is 27.1. The molecule has 0 radical (unpaired) electrons. The molecular weight excluding hydrogens is 729 g/mol. The number of hydrogen-bond donors (Lipinski definition) is 1. The predicted molar refractivity (Wildman–Crippen MR) is 256 cm³/mol. The van der Waals surface area contributed by atoms with Crippen molar-refractivity contribution < 1.29 is 24.2 Å². The molecule has 0 saturated carbocycles. The molecule has 5 heteroatoms. The largest absolute Gasteiger partial charge is 0.462 e. The molecule has 0 aliphatic heterocycles. The molecule has 1 N–H and O–H groups in total. The highest BCUT2D eigenvalue weighted by Gasteiger charge is 2.16. The zero-order chi connectivity index (χ0) is 42.8. The minimum Gasteiger partial charge on any atom is -0.462 e. The molecule has 0 bridgehead atoms. The van der Waals surface area contributed by atoms with Crippen molar-refractivity contribution in [2.75, 3.05) is 13.2 Å². The molecule has 0 spiro atoms. The summed E-state index contributed by atoms with van der Waals surface area (Å²) in [5.74, 6) is -0.566. The van der Waals surface area contributed by atoms with Crippen molar-refractivity contribution >= 4 is 11.9 Å². The molecule has 0 aromatic rings. The molecular formula is C54H106O5. The zero-order valence-electron chi connectivity index (χ0n) is 40.3. The van der Waals surface area contributed by atoms with E-state index in [4.69, 9.17) is 9.47 Å². The number of rotatable bonds is 51. The van der Waals surface area contributed by atoms with Gasteiger partial charge in [-0.25, -0.2) is 0 Å². The molecule has 0 fully saturated rings. The second kappa shape index (κ2) is 51.3. The smallest absolute Gasteiger partial charge is 0.306 e. The number of carbonyl (C=O) groups is 2. The first kappa shape index (κ1) is 57.9. The fraction of sp³-hybridized carbons (Fsp3) is 0.963. The van der Waals surface area contributed by atoms with E-state index in [-0.39, 0.29) is 25.2 Å². The molecule has 0 saturated heterocycles. The highest BCUT2D eigenvalue weighted by molar-refractivity contribution is 5.70. The Balaban J connectivity index is 3.38. The summed E-state index contributed by atoms with van der Waals surface area (Å²) in [6.45, 7) is 4.20. The number of unbranched alkanes of at least 4 members (excludes halogenated alkanes) is 43. The molecule has 0 aliphatic rings. The first-order chi connectivity index (χ1) is 29.1. The van der Waals surface area contributed by atoms with Gasteiger partial charge in [0.1, 0.15) is 6.61 Å². The van der Waals surface area contributed by atoms with Crippen molar-refractivity contribution in [3.8, 4) is 0 Å². The van der Waals surface area contributed by atoms with Gasteiger partial charge in [-0.15, -0.1) is 0 Å². The van der Waals surface area contributed by atoms with E-state index >= 15 is 0 Å². The van der Waals surface area contributed by atoms with Crippen molar-refractivity contribution in [1.82, 2.24) is 0 Å². The number of aliphatic hydroxyl groups is 1. The highest BCUT2D eigenvalue weighted by Crippen LogP contribution is 2.18. The maximum Gasteiger partial charge on any atom is 0.306 e. The van der Waals surface area contributed by atoms with Crippen LogP contribution in [0.1, 0.15) is 316 Å². The van der Waals surface area contributed by atoms with Crippen LogP contribution < -0.4 is 0 Å². The van der Waals surface area contributed by atoms with Crippen LogP contribution in [0.4, 0.5) is 0 Å². The van der Waals surface area contributed by atoms with Crippen LogP contribution in [-0.4, -0.2) is 36.4 Å². The van der Waals surface area contributed by atoms with Gasteiger partial charge in [-0.1, -0.05) is 290 Å². The second-order valence-electron chi connectivity index (χ2n) is 18.7. The summed E-state index contributed by atoms with van der Waals surface area (Å²) in [5, 5.41) is 9.63. The molecule has 5 nitrogen and oxygen atoms in total. The number of hydrogen-bond acceptors (Lipinski definition) is 5. The average molecular weight is 835 g/mol. The van der Waals surface area contributed by atoms with Crippen molar-refractivity contribution in [3.05, 3.63) is 0 Å². The molecule has 0 rings (SSSR count). The van der Waals surface area contributed by atoms with Crippen LogP contribution in [0.3, 0.4) is 0 Å². The normalized spacial score (nSPS) is 12.0. The summed E-state index contributed by atoms with van der Waals surface area (Å²) in [6, 6.07) is 0. The van der Waals surface area contributed by atoms with Gasteiger partial charge in [-0.05, 0) is 12.8 Å². The summed E-state index contributed by atoms with van der Waals surface area (Å²) in [7, 11) is 0. The summed E-state index contributed by atoms with van der Waals surface area (Å²) in [4.78, 5) is 24.4. The van der Waals surface area contributed by atoms with E-state index in [1.165, 1.54) is 257 Å². The number of carbonyl (C=O) groups excluding carboxylic acids is 2. The minimum absolute atomic E-state index is 0.0560. The minimum atomic E-state index is -0.763. The maximum atomic E-state index is 12.3. The van der Waals surface area contributed by atoms with Gasteiger partial charge in [-0.2, -0.15) is 0 Å². The van der Waals surface area contributed by atoms with Crippen LogP contribution in [0, 0.1) is 0 Å². The Morgan fingerprint density at radius 2 is 0.525 bits per heavy atom. The van der Waals surface area contributed by atoms with Crippen LogP contribution in [0.5, 0.6) is 0 Å². The lowest BCUT2D eigenvalue weighted by molar-refractivity contribution is -0.161. The summed E-state index contributed by atoms with van der Waals surface area (Å²) < 4.78 is 10.7. The quantitative estimate of drug-likeness (QED) is 0.0488. The molecule has 0 aromatic carbocycles. The van der Waals surface area contributed by atoms with Gasteiger partial charge >= 0.3 is 11.9 Å². The SMILES string of the molecule is CCCCCCCCCCCCCCCCCCCCCCCCCCCCCCCC(=O)OC(CO)COC(=O)CCCCCCCCCCCCCCCCCC. The maximum absolute atomic E-state index is 12.3. The van der Waals surface area contributed by atoms with Gasteiger partial charge in [0.2, 0.25) is 0 Å². The van der Waals surface area contributed by atoms with Crippen molar-refractivity contribution in [2.24, 2.45) is 0 Å². The van der Waals surface area contributed by atoms with E-state index < -0.39 is 6.10 Å². The third-order valence-electron chi connectivity index (χ3n) is 12.7. The number of aliphatic hydroxyl groups excluding tert-OH is 1. The van der Waals surface area contributed by atoms with Crippen LogP contribution >= 0.6 is 0 Å². The lowest BCUT2D eigenvalue weighted by Gasteiger charge is -2.15. The summed E-state index contributed by atoms with van der Waals surface area (Å²) >= 11 is 0. The lowest BCUT2D eigenvalue weighted by Crippen LogP contribution is -2.28. The third-order valence-corrected chi connectivity index (χ3v) is 12.7. The topological polar surface area (TPSA) is 72.8 Å². The monoisotopic (exact) mass is 835 g/mol. The fourth-order valence-electron chi connectivity index (χ4n) is 8.56. The second-order valence-corrected chi connectivity index (χ2v) is 18.7. The van der Waals surface area contributed by atoms with Crippen molar-refractivity contribution in [1.29, 1.82) is 0 Å². The van der Waals surface area contributed by atoms with E-state index in [0.29, 0.717) is 12.8 Å². The van der Waals surface area contributed by atoms with Crippen molar-refractivity contribution in [2.45, 2.75) is 322 Å². The van der Waals surface area contributed by atoms with E-state index in [1.807, 2.05) is 0 Å². The molecule has 0 amide bonds. The van der Waals surface area contributed by atoms with E-state index in [1.54, 1.807) is 0 Å². The van der Waals surface area contributed by atoms with Crippen molar-refractivity contribution in [3.63, 3.8) is 0 Å². The zero-order valence-corrected chi connectivity index (χ0v) is 40.3. The van der Waals surface area contributed by atoms with E-state index in [2.05, 4.69) is 13.8 Å². The lowest BCUT2D eigenvalue weighted by atomic mass is 10.0. The molecule has 1 unspecified atom stereocenters. The van der Waals surface area contributed by atoms with Crippen LogP contribution in [0.25, 0.3) is 0 Å². The molecule has 1 atom stereocenters. The van der Waals surface area contributed by atoms with Gasteiger partial charge in [0.25, 0.3) is 0 Å². The Bertz CT molecular complexity index is 815. The summed E-state index contributed by atoms with van der Waals surface area (Å²) in [6.07, 6.45) is 60.8.